The summed E-state index contributed by atoms with van der Waals surface area (Å²) in [5.41, 5.74) is 12.7. The lowest BCUT2D eigenvalue weighted by molar-refractivity contribution is 0.100. The monoisotopic (exact) mass is 303 g/mol. The molecule has 4 N–H and O–H groups in total. The number of nitrogens with two attached hydrogens (primary N) is 2. The van der Waals surface area contributed by atoms with Gasteiger partial charge < -0.3 is 21.3 Å². The van der Waals surface area contributed by atoms with E-state index in [9.17, 15) is 4.79 Å². The van der Waals surface area contributed by atoms with Gasteiger partial charge in [0, 0.05) is 31.9 Å². The summed E-state index contributed by atoms with van der Waals surface area (Å²) in [4.78, 5) is 16.0. The molecule has 6 nitrogen and oxygen atoms in total. The van der Waals surface area contributed by atoms with E-state index in [1.165, 1.54) is 17.2 Å². The maximum absolute atomic E-state index is 11.5. The number of benzene rings is 1. The summed E-state index contributed by atoms with van der Waals surface area (Å²) in [6, 6.07) is 10.3. The number of amides is 1. The van der Waals surface area contributed by atoms with Crippen molar-refractivity contribution in [3.05, 3.63) is 35.9 Å². The molecule has 1 saturated heterocycles. The van der Waals surface area contributed by atoms with Crippen molar-refractivity contribution >= 4 is 33.9 Å². The second-order valence-electron chi connectivity index (χ2n) is 4.92. The third-order valence-corrected chi connectivity index (χ3v) is 4.56. The Kier molecular flexibility index (Phi) is 3.66. The highest BCUT2D eigenvalue weighted by molar-refractivity contribution is 7.11. The van der Waals surface area contributed by atoms with E-state index in [2.05, 4.69) is 26.3 Å². The molecule has 2 heterocycles. The zero-order valence-corrected chi connectivity index (χ0v) is 12.3. The summed E-state index contributed by atoms with van der Waals surface area (Å²) < 4.78 is 4.05. The summed E-state index contributed by atoms with van der Waals surface area (Å²) in [6.07, 6.45) is 0. The first kappa shape index (κ1) is 13.7. The van der Waals surface area contributed by atoms with Gasteiger partial charge in [-0.1, -0.05) is 18.2 Å². The topological polar surface area (TPSA) is 88.5 Å². The molecule has 1 aliphatic heterocycles. The van der Waals surface area contributed by atoms with E-state index in [1.54, 1.807) is 0 Å². The summed E-state index contributed by atoms with van der Waals surface area (Å²) in [5, 5.41) is 0.785. The summed E-state index contributed by atoms with van der Waals surface area (Å²) in [7, 11) is 0. The van der Waals surface area contributed by atoms with Crippen molar-refractivity contribution in [2.45, 2.75) is 0 Å². The molecule has 21 heavy (non-hydrogen) atoms. The molecule has 110 valence electrons. The smallest absolute Gasteiger partial charge is 0.255 e. The molecular weight excluding hydrogens is 286 g/mol. The zero-order chi connectivity index (χ0) is 14.8. The van der Waals surface area contributed by atoms with Crippen molar-refractivity contribution in [1.29, 1.82) is 0 Å². The van der Waals surface area contributed by atoms with Gasteiger partial charge in [-0.15, -0.1) is 0 Å². The van der Waals surface area contributed by atoms with Crippen LogP contribution in [0.5, 0.6) is 0 Å². The minimum Gasteiger partial charge on any atom is -0.382 e. The maximum Gasteiger partial charge on any atom is 0.255 e. The van der Waals surface area contributed by atoms with Gasteiger partial charge in [-0.25, -0.2) is 0 Å². The van der Waals surface area contributed by atoms with Gasteiger partial charge in [-0.2, -0.15) is 4.37 Å². The highest BCUT2D eigenvalue weighted by Gasteiger charge is 2.25. The first-order valence-corrected chi connectivity index (χ1v) is 7.54. The Labute approximate surface area is 127 Å². The highest BCUT2D eigenvalue weighted by Crippen LogP contribution is 2.31. The van der Waals surface area contributed by atoms with Crippen LogP contribution in [0.2, 0.25) is 0 Å². The van der Waals surface area contributed by atoms with Crippen molar-refractivity contribution in [1.82, 2.24) is 4.37 Å². The lowest BCUT2D eigenvalue weighted by Gasteiger charge is -2.36. The van der Waals surface area contributed by atoms with Gasteiger partial charge in [0.05, 0.1) is 0 Å². The molecule has 7 heteroatoms. The molecule has 0 atom stereocenters. The van der Waals surface area contributed by atoms with Crippen LogP contribution in [0, 0.1) is 0 Å². The lowest BCUT2D eigenvalue weighted by atomic mass is 10.2. The molecule has 1 aromatic carbocycles. The van der Waals surface area contributed by atoms with Gasteiger partial charge in [0.15, 0.2) is 5.82 Å². The SMILES string of the molecule is NC(=O)c1c(N)nsc1N1CCN(c2ccccc2)CC1. The molecule has 0 bridgehead atoms. The predicted octanol–water partition coefficient (Wildman–Crippen LogP) is 1.15. The third-order valence-electron chi connectivity index (χ3n) is 3.64. The van der Waals surface area contributed by atoms with E-state index < -0.39 is 5.91 Å². The van der Waals surface area contributed by atoms with Gasteiger partial charge in [0.1, 0.15) is 10.6 Å². The zero-order valence-electron chi connectivity index (χ0n) is 11.5. The standard InChI is InChI=1S/C14H17N5OS/c15-12-11(13(16)20)14(21-17-12)19-8-6-18(7-9-19)10-4-2-1-3-5-10/h1-5H,6-9H2,(H2,15,17)(H2,16,20). The number of anilines is 3. The van der Waals surface area contributed by atoms with Crippen molar-refractivity contribution in [3.8, 4) is 0 Å². The van der Waals surface area contributed by atoms with E-state index in [1.807, 2.05) is 18.2 Å². The van der Waals surface area contributed by atoms with Crippen LogP contribution in [0.1, 0.15) is 10.4 Å². The van der Waals surface area contributed by atoms with Crippen LogP contribution in [-0.4, -0.2) is 36.5 Å². The predicted molar refractivity (Wildman–Crippen MR) is 85.9 cm³/mol. The minimum absolute atomic E-state index is 0.230. The van der Waals surface area contributed by atoms with Crippen LogP contribution in [0.3, 0.4) is 0 Å². The molecule has 0 aliphatic carbocycles. The molecule has 0 spiro atoms. The number of nitrogen functional groups attached to an aromatic ring is 1. The molecule has 3 rings (SSSR count). The fraction of sp³-hybridized carbons (Fsp3) is 0.286. The van der Waals surface area contributed by atoms with E-state index in [0.29, 0.717) is 5.56 Å². The van der Waals surface area contributed by atoms with Crippen LogP contribution in [0.4, 0.5) is 16.5 Å². The van der Waals surface area contributed by atoms with Crippen LogP contribution >= 0.6 is 11.5 Å². The second kappa shape index (κ2) is 5.61. The van der Waals surface area contributed by atoms with Gasteiger partial charge in [0.25, 0.3) is 5.91 Å². The van der Waals surface area contributed by atoms with Crippen LogP contribution in [-0.2, 0) is 0 Å². The molecule has 0 saturated carbocycles. The molecule has 1 amide bonds. The van der Waals surface area contributed by atoms with Crippen molar-refractivity contribution < 1.29 is 4.79 Å². The minimum atomic E-state index is -0.512. The van der Waals surface area contributed by atoms with Crippen LogP contribution in [0.25, 0.3) is 0 Å². The van der Waals surface area contributed by atoms with Gasteiger partial charge in [0.2, 0.25) is 0 Å². The highest BCUT2D eigenvalue weighted by atomic mass is 32.1. The Balaban J connectivity index is 1.73. The van der Waals surface area contributed by atoms with E-state index >= 15 is 0 Å². The molecular formula is C14H17N5OS. The van der Waals surface area contributed by atoms with E-state index in [-0.39, 0.29) is 5.82 Å². The Bertz CT molecular complexity index is 634. The molecule has 1 fully saturated rings. The Morgan fingerprint density at radius 2 is 1.71 bits per heavy atom. The molecule has 0 radical (unpaired) electrons. The van der Waals surface area contributed by atoms with Crippen LogP contribution in [0.15, 0.2) is 30.3 Å². The summed E-state index contributed by atoms with van der Waals surface area (Å²) >= 11 is 1.24. The maximum atomic E-state index is 11.5. The number of carbonyl (C=O) groups is 1. The normalized spacial score (nSPS) is 15.2. The third kappa shape index (κ3) is 2.64. The average Bonchev–Trinajstić information content (AvgIpc) is 2.90. The average molecular weight is 303 g/mol. The Hall–Kier alpha value is -2.28. The molecule has 2 aromatic rings. The van der Waals surface area contributed by atoms with E-state index in [0.717, 1.165) is 31.2 Å². The summed E-state index contributed by atoms with van der Waals surface area (Å²) in [6.45, 7) is 3.41. The van der Waals surface area contributed by atoms with Gasteiger partial charge in [-0.3, -0.25) is 4.79 Å². The lowest BCUT2D eigenvalue weighted by Crippen LogP contribution is -2.46. The number of hydrogen-bond acceptors (Lipinski definition) is 6. The van der Waals surface area contributed by atoms with Crippen molar-refractivity contribution in [2.75, 3.05) is 41.7 Å². The second-order valence-corrected chi connectivity index (χ2v) is 5.67. The van der Waals surface area contributed by atoms with E-state index in [4.69, 9.17) is 11.5 Å². The number of primary amides is 1. The molecule has 1 aliphatic rings. The van der Waals surface area contributed by atoms with Crippen molar-refractivity contribution in [3.63, 3.8) is 0 Å². The fourth-order valence-electron chi connectivity index (χ4n) is 2.55. The first-order valence-electron chi connectivity index (χ1n) is 6.76. The quantitative estimate of drug-likeness (QED) is 0.888. The number of carbonyl (C=O) groups excluding carboxylic acids is 1. The van der Waals surface area contributed by atoms with Crippen LogP contribution < -0.4 is 21.3 Å². The van der Waals surface area contributed by atoms with Gasteiger partial charge >= 0.3 is 0 Å². The Morgan fingerprint density at radius 1 is 1.10 bits per heavy atom. The number of aromatic nitrogens is 1. The fourth-order valence-corrected chi connectivity index (χ4v) is 3.42. The van der Waals surface area contributed by atoms with Gasteiger partial charge in [-0.05, 0) is 23.7 Å². The largest absolute Gasteiger partial charge is 0.382 e. The first-order chi connectivity index (χ1) is 10.2. The van der Waals surface area contributed by atoms with Crippen molar-refractivity contribution in [2.24, 2.45) is 5.73 Å². The number of piperazine rings is 1. The number of rotatable bonds is 3. The molecule has 0 unspecified atom stereocenters. The number of nitrogens with zero attached hydrogens (tertiary/aromatic N) is 3. The summed E-state index contributed by atoms with van der Waals surface area (Å²) in [5.74, 6) is -0.283. The number of hydrogen-bond donors (Lipinski definition) is 2. The number of para-hydroxylation sites is 1. The Morgan fingerprint density at radius 3 is 2.33 bits per heavy atom. The molecule has 1 aromatic heterocycles.